The lowest BCUT2D eigenvalue weighted by Crippen LogP contribution is -2.33. The summed E-state index contributed by atoms with van der Waals surface area (Å²) in [4.78, 5) is 0. The van der Waals surface area contributed by atoms with Crippen LogP contribution in [0.4, 0.5) is 4.39 Å². The van der Waals surface area contributed by atoms with E-state index in [9.17, 15) is 9.65 Å². The van der Waals surface area contributed by atoms with Gasteiger partial charge in [0.1, 0.15) is 5.82 Å². The van der Waals surface area contributed by atoms with Crippen LogP contribution in [0.5, 0.6) is 0 Å². The van der Waals surface area contributed by atoms with E-state index < -0.39 is 0 Å². The summed E-state index contributed by atoms with van der Waals surface area (Å²) in [6.45, 7) is 4.28. The molecule has 3 rings (SSSR count). The maximum Gasteiger partial charge on any atom is 0.132 e. The highest BCUT2D eigenvalue weighted by Crippen LogP contribution is 2.47. The van der Waals surface area contributed by atoms with Crippen LogP contribution in [0.15, 0.2) is 30.3 Å². The Morgan fingerprint density at radius 3 is 2.75 bits per heavy atom. The molecule has 0 N–H and O–H groups in total. The molecule has 1 aromatic carbocycles. The molecule has 0 radical (unpaired) electrons. The second-order valence-electron chi connectivity index (χ2n) is 6.63. The van der Waals surface area contributed by atoms with Crippen LogP contribution in [0.2, 0.25) is 0 Å². The zero-order chi connectivity index (χ0) is 17.2. The molecule has 1 aliphatic rings. The molecular weight excluding hydrogens is 301 g/mol. The summed E-state index contributed by atoms with van der Waals surface area (Å²) in [6.07, 6.45) is 4.36. The van der Waals surface area contributed by atoms with Crippen molar-refractivity contribution in [1.29, 1.82) is 5.26 Å². The van der Waals surface area contributed by atoms with Crippen molar-refractivity contribution in [3.63, 3.8) is 0 Å². The number of halogens is 1. The number of hydrogen-bond donors (Lipinski definition) is 0. The molecule has 4 heteroatoms. The fourth-order valence-electron chi connectivity index (χ4n) is 3.87. The average Bonchev–Trinajstić information content (AvgIpc) is 2.62. The molecule has 1 heterocycles. The monoisotopic (exact) mass is 323 g/mol. The number of fused-ring (bicyclic) bond motifs is 1. The molecule has 1 aliphatic carbocycles. The minimum Gasteiger partial charge on any atom is -0.206 e. The van der Waals surface area contributed by atoms with Crippen molar-refractivity contribution in [3.05, 3.63) is 47.4 Å². The number of rotatable bonds is 4. The molecule has 3 nitrogen and oxygen atoms in total. The lowest BCUT2D eigenvalue weighted by atomic mass is 9.66. The zero-order valence-corrected chi connectivity index (χ0v) is 14.2. The molecule has 0 bridgehead atoms. The smallest absolute Gasteiger partial charge is 0.132 e. The second-order valence-corrected chi connectivity index (χ2v) is 6.63. The Balaban J connectivity index is 2.15. The topological polar surface area (TPSA) is 49.6 Å². The van der Waals surface area contributed by atoms with Crippen molar-refractivity contribution in [3.8, 4) is 17.3 Å². The Morgan fingerprint density at radius 1 is 1.29 bits per heavy atom. The van der Waals surface area contributed by atoms with Gasteiger partial charge in [-0.15, -0.1) is 0 Å². The average molecular weight is 323 g/mol. The van der Waals surface area contributed by atoms with Crippen molar-refractivity contribution < 1.29 is 4.39 Å². The van der Waals surface area contributed by atoms with E-state index in [2.05, 4.69) is 30.1 Å². The Bertz CT molecular complexity index is 781. The van der Waals surface area contributed by atoms with Crippen LogP contribution in [0.25, 0.3) is 11.3 Å². The molecule has 24 heavy (non-hydrogen) atoms. The van der Waals surface area contributed by atoms with Crippen molar-refractivity contribution in [2.24, 2.45) is 0 Å². The van der Waals surface area contributed by atoms with Gasteiger partial charge in [-0.05, 0) is 55.4 Å². The minimum atomic E-state index is -0.283. The Morgan fingerprint density at radius 2 is 2.08 bits per heavy atom. The number of benzene rings is 1. The molecule has 0 aliphatic heterocycles. The van der Waals surface area contributed by atoms with E-state index in [-0.39, 0.29) is 11.2 Å². The lowest BCUT2D eigenvalue weighted by molar-refractivity contribution is 0.312. The van der Waals surface area contributed by atoms with E-state index in [1.54, 1.807) is 12.1 Å². The van der Waals surface area contributed by atoms with Crippen LogP contribution in [0.1, 0.15) is 63.1 Å². The summed E-state index contributed by atoms with van der Waals surface area (Å²) < 4.78 is 14.1. The third kappa shape index (κ3) is 2.69. The summed E-state index contributed by atoms with van der Waals surface area (Å²) in [5.41, 5.74) is 2.94. The normalized spacial score (nSPS) is 22.7. The Labute approximate surface area is 142 Å². The van der Waals surface area contributed by atoms with Gasteiger partial charge in [-0.2, -0.15) is 15.5 Å². The highest BCUT2D eigenvalue weighted by molar-refractivity contribution is 5.61. The number of nitriles is 1. The lowest BCUT2D eigenvalue weighted by Gasteiger charge is -2.38. The van der Waals surface area contributed by atoms with Crippen molar-refractivity contribution in [2.75, 3.05) is 0 Å². The predicted octanol–water partition coefficient (Wildman–Crippen LogP) is 5.13. The molecule has 124 valence electrons. The van der Waals surface area contributed by atoms with Crippen molar-refractivity contribution in [1.82, 2.24) is 10.2 Å². The Kier molecular flexibility index (Phi) is 4.62. The van der Waals surface area contributed by atoms with Gasteiger partial charge >= 0.3 is 0 Å². The van der Waals surface area contributed by atoms with E-state index in [1.807, 2.05) is 12.1 Å². The van der Waals surface area contributed by atoms with Gasteiger partial charge in [0.15, 0.2) is 0 Å². The maximum atomic E-state index is 14.1. The van der Waals surface area contributed by atoms with Crippen molar-refractivity contribution in [2.45, 2.75) is 57.3 Å². The molecule has 1 aromatic heterocycles. The van der Waals surface area contributed by atoms with E-state index in [0.29, 0.717) is 23.6 Å². The van der Waals surface area contributed by atoms with Gasteiger partial charge in [-0.3, -0.25) is 0 Å². The SMILES string of the molecule is CC[C@@H]1CC[C@@](CC)(CC#N)c2nnc(-c3ccccc3F)cc21. The third-order valence-corrected chi connectivity index (χ3v) is 5.47. The van der Waals surface area contributed by atoms with E-state index >= 15 is 0 Å². The van der Waals surface area contributed by atoms with Gasteiger partial charge in [-0.1, -0.05) is 26.0 Å². The standard InChI is InChI=1S/C20H22FN3/c1-3-14-9-10-20(4-2,11-12-22)19-16(14)13-18(23-24-19)15-7-5-6-8-17(15)21/h5-8,13-14H,3-4,9-11H2,1-2H3/t14-,20+/m1/s1. The molecule has 0 saturated heterocycles. The molecule has 0 unspecified atom stereocenters. The van der Waals surface area contributed by atoms with Gasteiger partial charge in [0.05, 0.1) is 17.5 Å². The van der Waals surface area contributed by atoms with Crippen LogP contribution in [-0.2, 0) is 5.41 Å². The summed E-state index contributed by atoms with van der Waals surface area (Å²) in [5, 5.41) is 18.1. The van der Waals surface area contributed by atoms with E-state index in [0.717, 1.165) is 36.9 Å². The van der Waals surface area contributed by atoms with Crippen LogP contribution in [0, 0.1) is 17.1 Å². The molecular formula is C20H22FN3. The highest BCUT2D eigenvalue weighted by atomic mass is 19.1. The largest absolute Gasteiger partial charge is 0.206 e. The van der Waals surface area contributed by atoms with Gasteiger partial charge in [0.2, 0.25) is 0 Å². The predicted molar refractivity (Wildman–Crippen MR) is 91.9 cm³/mol. The number of nitrogens with zero attached hydrogens (tertiary/aromatic N) is 3. The maximum absolute atomic E-state index is 14.1. The van der Waals surface area contributed by atoms with Gasteiger partial charge in [0, 0.05) is 17.4 Å². The van der Waals surface area contributed by atoms with Crippen LogP contribution >= 0.6 is 0 Å². The van der Waals surface area contributed by atoms with Crippen LogP contribution in [0.3, 0.4) is 0 Å². The van der Waals surface area contributed by atoms with Gasteiger partial charge in [0.25, 0.3) is 0 Å². The molecule has 2 aromatic rings. The number of hydrogen-bond acceptors (Lipinski definition) is 3. The van der Waals surface area contributed by atoms with Crippen LogP contribution < -0.4 is 0 Å². The minimum absolute atomic E-state index is 0.212. The number of aromatic nitrogens is 2. The van der Waals surface area contributed by atoms with E-state index in [4.69, 9.17) is 0 Å². The molecule has 2 atom stereocenters. The van der Waals surface area contributed by atoms with Gasteiger partial charge in [-0.25, -0.2) is 4.39 Å². The molecule has 0 saturated carbocycles. The quantitative estimate of drug-likeness (QED) is 0.783. The fraction of sp³-hybridized carbons (Fsp3) is 0.450. The molecule has 0 fully saturated rings. The van der Waals surface area contributed by atoms with E-state index in [1.165, 1.54) is 6.07 Å². The third-order valence-electron chi connectivity index (χ3n) is 5.47. The van der Waals surface area contributed by atoms with Gasteiger partial charge < -0.3 is 0 Å². The molecule has 0 amide bonds. The summed E-state index contributed by atoms with van der Waals surface area (Å²) in [7, 11) is 0. The summed E-state index contributed by atoms with van der Waals surface area (Å²) in [5.74, 6) is 0.119. The summed E-state index contributed by atoms with van der Waals surface area (Å²) in [6, 6.07) is 11.0. The molecule has 0 spiro atoms. The zero-order valence-electron chi connectivity index (χ0n) is 14.2. The first-order valence-corrected chi connectivity index (χ1v) is 8.65. The first kappa shape index (κ1) is 16.6. The van der Waals surface area contributed by atoms with Crippen molar-refractivity contribution >= 4 is 0 Å². The first-order chi connectivity index (χ1) is 11.6. The second kappa shape index (κ2) is 6.68. The Hall–Kier alpha value is -2.28. The highest BCUT2D eigenvalue weighted by Gasteiger charge is 2.40. The fourth-order valence-corrected chi connectivity index (χ4v) is 3.87. The van der Waals surface area contributed by atoms with Crippen LogP contribution in [-0.4, -0.2) is 10.2 Å². The first-order valence-electron chi connectivity index (χ1n) is 8.65. The summed E-state index contributed by atoms with van der Waals surface area (Å²) >= 11 is 0.